The molecule has 1 amide bonds. The number of hydrogen-bond donors (Lipinski definition) is 0. The number of ketones is 1. The van der Waals surface area contributed by atoms with E-state index in [1.54, 1.807) is 4.90 Å². The normalized spacial score (nSPS) is 23.1. The highest BCUT2D eigenvalue weighted by Crippen LogP contribution is 2.53. The summed E-state index contributed by atoms with van der Waals surface area (Å²) in [5.41, 5.74) is 2.00. The van der Waals surface area contributed by atoms with Gasteiger partial charge in [0.05, 0.1) is 5.69 Å². The van der Waals surface area contributed by atoms with E-state index in [4.69, 9.17) is 9.72 Å². The Labute approximate surface area is 184 Å². The second kappa shape index (κ2) is 7.28. The topological polar surface area (TPSA) is 72.4 Å². The van der Waals surface area contributed by atoms with Crippen molar-refractivity contribution in [2.24, 2.45) is 17.8 Å². The highest BCUT2D eigenvalue weighted by Gasteiger charge is 2.60. The maximum Gasteiger partial charge on any atom is 0.410 e. The minimum Gasteiger partial charge on any atom is -0.444 e. The highest BCUT2D eigenvalue weighted by atomic mass is 16.6. The lowest BCUT2D eigenvalue weighted by Gasteiger charge is -2.27. The van der Waals surface area contributed by atoms with E-state index in [1.807, 2.05) is 46.9 Å². The standard InChI is InChI=1S/C25H33N3O3/c1-14-10-17-15(2)26-9-8-16(17)22(27-14)25(6,7)11-20(29)21-18-12-28(13-19(18)21)23(30)31-24(3,4)5/h8-10,18-19,21H,11-13H2,1-7H3/t18-,19+,21?. The Morgan fingerprint density at radius 1 is 1.10 bits per heavy atom. The van der Waals surface area contributed by atoms with Crippen molar-refractivity contribution in [3.05, 3.63) is 35.4 Å². The number of Topliss-reactive ketones (excluding diaryl/α,β-unsaturated/α-hetero) is 1. The van der Waals surface area contributed by atoms with Crippen LogP contribution in [-0.2, 0) is 14.9 Å². The zero-order chi connectivity index (χ0) is 22.7. The SMILES string of the molecule is Cc1cc2c(C)nccc2c(C(C)(C)CC(=O)C2[C@H]3CN(C(=O)OC(C)(C)C)C[C@@H]23)n1. The van der Waals surface area contributed by atoms with Gasteiger partial charge in [0.1, 0.15) is 11.4 Å². The molecule has 3 atom stereocenters. The smallest absolute Gasteiger partial charge is 0.410 e. The maximum absolute atomic E-state index is 13.2. The first-order valence-corrected chi connectivity index (χ1v) is 11.1. The predicted molar refractivity (Wildman–Crippen MR) is 120 cm³/mol. The number of hydrogen-bond acceptors (Lipinski definition) is 5. The second-order valence-corrected chi connectivity index (χ2v) is 10.9. The zero-order valence-electron chi connectivity index (χ0n) is 19.7. The van der Waals surface area contributed by atoms with Crippen molar-refractivity contribution in [1.82, 2.24) is 14.9 Å². The van der Waals surface area contributed by atoms with Crippen LogP contribution in [0.25, 0.3) is 10.8 Å². The van der Waals surface area contributed by atoms with Crippen molar-refractivity contribution >= 4 is 22.6 Å². The van der Waals surface area contributed by atoms with E-state index in [2.05, 4.69) is 24.9 Å². The number of pyridine rings is 2. The number of carbonyl (C=O) groups excluding carboxylic acids is 2. The Balaban J connectivity index is 1.46. The molecule has 2 aromatic heterocycles. The van der Waals surface area contributed by atoms with Crippen LogP contribution in [0.5, 0.6) is 0 Å². The molecule has 166 valence electrons. The Bertz CT molecular complexity index is 1040. The molecule has 4 rings (SSSR count). The van der Waals surface area contributed by atoms with Crippen LogP contribution in [0, 0.1) is 31.6 Å². The minimum atomic E-state index is -0.499. The number of aryl methyl sites for hydroxylation is 2. The third-order valence-corrected chi connectivity index (χ3v) is 6.56. The van der Waals surface area contributed by atoms with Gasteiger partial charge < -0.3 is 9.64 Å². The van der Waals surface area contributed by atoms with Gasteiger partial charge in [0.25, 0.3) is 0 Å². The Hall–Kier alpha value is -2.50. The van der Waals surface area contributed by atoms with E-state index < -0.39 is 5.60 Å². The van der Waals surface area contributed by atoms with Crippen molar-refractivity contribution in [3.63, 3.8) is 0 Å². The van der Waals surface area contributed by atoms with Crippen molar-refractivity contribution in [1.29, 1.82) is 0 Å². The van der Waals surface area contributed by atoms with E-state index in [0.29, 0.717) is 19.5 Å². The molecule has 6 heteroatoms. The molecule has 1 aliphatic heterocycles. The molecule has 0 spiro atoms. The fourth-order valence-electron chi connectivity index (χ4n) is 5.08. The third-order valence-electron chi connectivity index (χ3n) is 6.56. The van der Waals surface area contributed by atoms with Gasteiger partial charge in [-0.25, -0.2) is 4.79 Å². The van der Waals surface area contributed by atoms with Gasteiger partial charge in [-0.2, -0.15) is 0 Å². The summed E-state index contributed by atoms with van der Waals surface area (Å²) in [6.45, 7) is 15.1. The highest BCUT2D eigenvalue weighted by molar-refractivity contribution is 5.90. The lowest BCUT2D eigenvalue weighted by molar-refractivity contribution is -0.122. The summed E-state index contributed by atoms with van der Waals surface area (Å²) in [4.78, 5) is 36.5. The van der Waals surface area contributed by atoms with Crippen LogP contribution in [0.1, 0.15) is 58.1 Å². The van der Waals surface area contributed by atoms with Crippen LogP contribution in [0.2, 0.25) is 0 Å². The van der Waals surface area contributed by atoms with E-state index in [0.717, 1.165) is 27.9 Å². The molecule has 0 aromatic carbocycles. The van der Waals surface area contributed by atoms with E-state index in [9.17, 15) is 9.59 Å². The first kappa shape index (κ1) is 21.7. The molecule has 0 radical (unpaired) electrons. The first-order valence-electron chi connectivity index (χ1n) is 11.1. The van der Waals surface area contributed by atoms with E-state index in [-0.39, 0.29) is 35.0 Å². The summed E-state index contributed by atoms with van der Waals surface area (Å²) in [5.74, 6) is 0.873. The summed E-state index contributed by atoms with van der Waals surface area (Å²) in [6.07, 6.45) is 1.99. The summed E-state index contributed by atoms with van der Waals surface area (Å²) in [7, 11) is 0. The van der Waals surface area contributed by atoms with Gasteiger partial charge in [0, 0.05) is 59.2 Å². The van der Waals surface area contributed by atoms with Crippen LogP contribution in [0.4, 0.5) is 4.79 Å². The molecule has 1 unspecified atom stereocenters. The second-order valence-electron chi connectivity index (χ2n) is 10.9. The number of nitrogens with zero attached hydrogens (tertiary/aromatic N) is 3. The Morgan fingerprint density at radius 2 is 1.74 bits per heavy atom. The van der Waals surface area contributed by atoms with Crippen LogP contribution >= 0.6 is 0 Å². The van der Waals surface area contributed by atoms with Crippen molar-refractivity contribution in [3.8, 4) is 0 Å². The molecule has 6 nitrogen and oxygen atoms in total. The summed E-state index contributed by atoms with van der Waals surface area (Å²) < 4.78 is 5.48. The van der Waals surface area contributed by atoms with Crippen molar-refractivity contribution < 1.29 is 14.3 Å². The minimum absolute atomic E-state index is 0.0532. The van der Waals surface area contributed by atoms with Crippen LogP contribution in [0.15, 0.2) is 18.3 Å². The number of fused-ring (bicyclic) bond motifs is 2. The number of ether oxygens (including phenoxy) is 1. The van der Waals surface area contributed by atoms with Gasteiger partial charge >= 0.3 is 6.09 Å². The molecule has 2 aliphatic rings. The van der Waals surface area contributed by atoms with Gasteiger partial charge in [-0.3, -0.25) is 14.8 Å². The Kier molecular flexibility index (Phi) is 5.10. The molecule has 1 aliphatic carbocycles. The molecule has 3 heterocycles. The first-order chi connectivity index (χ1) is 14.4. The average molecular weight is 424 g/mol. The van der Waals surface area contributed by atoms with Gasteiger partial charge in [-0.15, -0.1) is 0 Å². The largest absolute Gasteiger partial charge is 0.444 e. The van der Waals surface area contributed by atoms with E-state index >= 15 is 0 Å². The fourth-order valence-corrected chi connectivity index (χ4v) is 5.08. The number of carbonyl (C=O) groups is 2. The lowest BCUT2D eigenvalue weighted by atomic mass is 9.80. The predicted octanol–water partition coefficient (Wildman–Crippen LogP) is 4.60. The third kappa shape index (κ3) is 4.17. The molecule has 1 saturated carbocycles. The lowest BCUT2D eigenvalue weighted by Crippen LogP contribution is -2.37. The molecule has 1 saturated heterocycles. The average Bonchev–Trinajstić information content (AvgIpc) is 3.14. The van der Waals surface area contributed by atoms with Gasteiger partial charge in [0.2, 0.25) is 0 Å². The van der Waals surface area contributed by atoms with Crippen LogP contribution < -0.4 is 0 Å². The van der Waals surface area contributed by atoms with Gasteiger partial charge in [0.15, 0.2) is 0 Å². The zero-order valence-corrected chi connectivity index (χ0v) is 19.7. The number of piperidine rings is 1. The number of likely N-dealkylation sites (tertiary alicyclic amines) is 1. The molecule has 0 bridgehead atoms. The molecular formula is C25H33N3O3. The van der Waals surface area contributed by atoms with Gasteiger partial charge in [-0.05, 0) is 58.6 Å². The number of rotatable bonds is 4. The van der Waals surface area contributed by atoms with Crippen molar-refractivity contribution in [2.45, 2.75) is 65.9 Å². The quantitative estimate of drug-likeness (QED) is 0.719. The number of amides is 1. The molecule has 0 N–H and O–H groups in total. The van der Waals surface area contributed by atoms with Crippen molar-refractivity contribution in [2.75, 3.05) is 13.1 Å². The number of aromatic nitrogens is 2. The molecule has 2 fully saturated rings. The van der Waals surface area contributed by atoms with Crippen LogP contribution in [0.3, 0.4) is 0 Å². The summed E-state index contributed by atoms with van der Waals surface area (Å²) >= 11 is 0. The van der Waals surface area contributed by atoms with Gasteiger partial charge in [-0.1, -0.05) is 13.8 Å². The summed E-state index contributed by atoms with van der Waals surface area (Å²) in [5, 5.41) is 2.17. The molecule has 31 heavy (non-hydrogen) atoms. The fraction of sp³-hybridized carbons (Fsp3) is 0.600. The molecule has 2 aromatic rings. The maximum atomic E-state index is 13.2. The summed E-state index contributed by atoms with van der Waals surface area (Å²) in [6, 6.07) is 4.07. The van der Waals surface area contributed by atoms with E-state index in [1.165, 1.54) is 0 Å². The molecular weight excluding hydrogens is 390 g/mol. The monoisotopic (exact) mass is 423 g/mol. The van der Waals surface area contributed by atoms with Crippen LogP contribution in [-0.4, -0.2) is 45.4 Å². The Morgan fingerprint density at radius 3 is 2.35 bits per heavy atom.